The summed E-state index contributed by atoms with van der Waals surface area (Å²) in [6, 6.07) is 7.78. The largest absolute Gasteiger partial charge is 0.481 e. The number of rotatable bonds is 8. The number of nitrogens with zero attached hydrogens (tertiary/aromatic N) is 1. The summed E-state index contributed by atoms with van der Waals surface area (Å²) in [6.07, 6.45) is 3.69. The highest BCUT2D eigenvalue weighted by Crippen LogP contribution is 2.34. The Hall–Kier alpha value is -2.16. The Balaban J connectivity index is 1.64. The summed E-state index contributed by atoms with van der Waals surface area (Å²) >= 11 is 12.2. The fraction of sp³-hybridized carbons (Fsp3) is 0.250. The van der Waals surface area contributed by atoms with Gasteiger partial charge >= 0.3 is 5.97 Å². The first-order valence-corrected chi connectivity index (χ1v) is 10.5. The third-order valence-corrected chi connectivity index (χ3v) is 5.93. The molecule has 0 saturated carbocycles. The van der Waals surface area contributed by atoms with Crippen LogP contribution in [0.1, 0.15) is 31.4 Å². The number of amides is 1. The number of hydrogen-bond donors (Lipinski definition) is 1. The van der Waals surface area contributed by atoms with Crippen LogP contribution in [0.4, 0.5) is 4.39 Å². The molecular weight excluding hydrogens is 437 g/mol. The van der Waals surface area contributed by atoms with Gasteiger partial charge < -0.3 is 9.52 Å². The maximum atomic E-state index is 13.6. The van der Waals surface area contributed by atoms with Crippen molar-refractivity contribution in [1.29, 1.82) is 0 Å². The van der Waals surface area contributed by atoms with Crippen LogP contribution >= 0.6 is 35.6 Å². The highest BCUT2D eigenvalue weighted by atomic mass is 35.5. The van der Waals surface area contributed by atoms with Gasteiger partial charge in [-0.05, 0) is 43.2 Å². The molecule has 1 aromatic carbocycles. The van der Waals surface area contributed by atoms with E-state index in [1.807, 2.05) is 0 Å². The number of carbonyl (C=O) groups excluding carboxylic acids is 1. The number of hydrogen-bond acceptors (Lipinski definition) is 5. The van der Waals surface area contributed by atoms with Gasteiger partial charge in [0.15, 0.2) is 0 Å². The quantitative estimate of drug-likeness (QED) is 0.319. The van der Waals surface area contributed by atoms with Crippen LogP contribution < -0.4 is 0 Å². The molecule has 2 aromatic rings. The zero-order valence-corrected chi connectivity index (χ0v) is 17.6. The van der Waals surface area contributed by atoms with Crippen molar-refractivity contribution in [3.05, 3.63) is 51.8 Å². The second kappa shape index (κ2) is 9.56. The van der Waals surface area contributed by atoms with Crippen LogP contribution in [0.3, 0.4) is 0 Å². The molecule has 1 aromatic heterocycles. The lowest BCUT2D eigenvalue weighted by Gasteiger charge is -2.13. The van der Waals surface area contributed by atoms with Gasteiger partial charge in [-0.3, -0.25) is 14.5 Å². The molecule has 1 aliphatic rings. The second-order valence-electron chi connectivity index (χ2n) is 6.37. The molecule has 0 radical (unpaired) electrons. The van der Waals surface area contributed by atoms with Crippen molar-refractivity contribution in [3.8, 4) is 11.3 Å². The highest BCUT2D eigenvalue weighted by molar-refractivity contribution is 8.26. The third-order valence-electron chi connectivity index (χ3n) is 4.25. The standard InChI is InChI=1S/C20H17ClFNO4S2/c21-14-7-5-12(10-15(14)22)16-8-6-13(27-16)11-17-19(26)23(20(28)29-17)9-3-1-2-4-18(24)25/h5-8,10-11H,1-4,9H2,(H,24,25)/b17-11+. The summed E-state index contributed by atoms with van der Waals surface area (Å²) < 4.78 is 19.8. The summed E-state index contributed by atoms with van der Waals surface area (Å²) in [5.41, 5.74) is 0.542. The lowest BCUT2D eigenvalue weighted by atomic mass is 10.2. The number of carboxylic acids is 1. The van der Waals surface area contributed by atoms with Crippen LogP contribution in [0.2, 0.25) is 5.02 Å². The van der Waals surface area contributed by atoms with Crippen molar-refractivity contribution in [1.82, 2.24) is 4.90 Å². The van der Waals surface area contributed by atoms with Gasteiger partial charge in [-0.2, -0.15) is 0 Å². The molecule has 152 valence electrons. The van der Waals surface area contributed by atoms with Gasteiger partial charge in [-0.1, -0.05) is 42.0 Å². The van der Waals surface area contributed by atoms with E-state index in [-0.39, 0.29) is 17.4 Å². The predicted molar refractivity (Wildman–Crippen MR) is 115 cm³/mol. The lowest BCUT2D eigenvalue weighted by Crippen LogP contribution is -2.29. The summed E-state index contributed by atoms with van der Waals surface area (Å²) in [5, 5.41) is 8.69. The van der Waals surface area contributed by atoms with E-state index in [9.17, 15) is 14.0 Å². The molecule has 1 saturated heterocycles. The van der Waals surface area contributed by atoms with Crippen molar-refractivity contribution >= 4 is 57.9 Å². The van der Waals surface area contributed by atoms with Gasteiger partial charge in [0.1, 0.15) is 21.7 Å². The van der Waals surface area contributed by atoms with Gasteiger partial charge in [-0.15, -0.1) is 0 Å². The van der Waals surface area contributed by atoms with Crippen molar-refractivity contribution in [2.24, 2.45) is 0 Å². The van der Waals surface area contributed by atoms with E-state index in [4.69, 9.17) is 33.3 Å². The van der Waals surface area contributed by atoms with Crippen LogP contribution in [0.5, 0.6) is 0 Å². The molecule has 3 rings (SSSR count). The second-order valence-corrected chi connectivity index (χ2v) is 8.45. The van der Waals surface area contributed by atoms with Crippen LogP contribution in [-0.2, 0) is 9.59 Å². The number of unbranched alkanes of at least 4 members (excludes halogenated alkanes) is 2. The molecule has 5 nitrogen and oxygen atoms in total. The first kappa shape index (κ1) is 21.5. The van der Waals surface area contributed by atoms with Crippen LogP contribution in [-0.4, -0.2) is 32.7 Å². The average Bonchev–Trinajstić information content (AvgIpc) is 3.23. The van der Waals surface area contributed by atoms with E-state index >= 15 is 0 Å². The van der Waals surface area contributed by atoms with Crippen molar-refractivity contribution < 1.29 is 23.5 Å². The van der Waals surface area contributed by atoms with Crippen LogP contribution in [0.25, 0.3) is 17.4 Å². The number of carbonyl (C=O) groups is 2. The Labute approximate surface area is 181 Å². The van der Waals surface area contributed by atoms with Crippen molar-refractivity contribution in [2.75, 3.05) is 6.54 Å². The van der Waals surface area contributed by atoms with Gasteiger partial charge in [-0.25, -0.2) is 4.39 Å². The molecule has 1 N–H and O–H groups in total. The number of aliphatic carboxylic acids is 1. The molecule has 0 spiro atoms. The van der Waals surface area contributed by atoms with Crippen LogP contribution in [0.15, 0.2) is 39.7 Å². The molecule has 1 amide bonds. The number of furan rings is 1. The minimum atomic E-state index is -0.822. The first-order chi connectivity index (χ1) is 13.8. The van der Waals surface area contributed by atoms with Crippen LogP contribution in [0, 0.1) is 5.82 Å². The summed E-state index contributed by atoms with van der Waals surface area (Å²) in [4.78, 5) is 25.1. The molecule has 0 bridgehead atoms. The van der Waals surface area contributed by atoms with Gasteiger partial charge in [0.05, 0.1) is 9.93 Å². The number of carboxylic acid groups (broad SMARTS) is 1. The number of thioether (sulfide) groups is 1. The molecule has 0 atom stereocenters. The van der Waals surface area contributed by atoms with E-state index in [1.54, 1.807) is 24.3 Å². The minimum absolute atomic E-state index is 0.0344. The molecule has 0 unspecified atom stereocenters. The monoisotopic (exact) mass is 453 g/mol. The predicted octanol–water partition coefficient (Wildman–Crippen LogP) is 5.59. The zero-order chi connectivity index (χ0) is 21.0. The Bertz CT molecular complexity index is 989. The summed E-state index contributed by atoms with van der Waals surface area (Å²) in [5.74, 6) is -0.643. The Kier molecular flexibility index (Phi) is 7.10. The maximum absolute atomic E-state index is 13.6. The van der Waals surface area contributed by atoms with Crippen molar-refractivity contribution in [2.45, 2.75) is 25.7 Å². The minimum Gasteiger partial charge on any atom is -0.481 e. The molecule has 1 fully saturated rings. The Morgan fingerprint density at radius 2 is 2.07 bits per heavy atom. The Morgan fingerprint density at radius 3 is 2.79 bits per heavy atom. The Morgan fingerprint density at radius 1 is 1.28 bits per heavy atom. The molecule has 29 heavy (non-hydrogen) atoms. The maximum Gasteiger partial charge on any atom is 0.303 e. The summed E-state index contributed by atoms with van der Waals surface area (Å²) in [7, 11) is 0. The van der Waals surface area contributed by atoms with E-state index < -0.39 is 11.8 Å². The van der Waals surface area contributed by atoms with E-state index in [1.165, 1.54) is 28.8 Å². The highest BCUT2D eigenvalue weighted by Gasteiger charge is 2.31. The van der Waals surface area contributed by atoms with E-state index in [2.05, 4.69) is 0 Å². The fourth-order valence-corrected chi connectivity index (χ4v) is 4.19. The number of halogens is 2. The molecule has 1 aliphatic heterocycles. The SMILES string of the molecule is O=C(O)CCCCCN1C(=O)/C(=C\c2ccc(-c3ccc(Cl)c(F)c3)o2)SC1=S. The first-order valence-electron chi connectivity index (χ1n) is 8.87. The summed E-state index contributed by atoms with van der Waals surface area (Å²) in [6.45, 7) is 0.453. The van der Waals surface area contributed by atoms with Gasteiger partial charge in [0.2, 0.25) is 0 Å². The average molecular weight is 454 g/mol. The topological polar surface area (TPSA) is 70.8 Å². The molecular formula is C20H17ClFNO4S2. The zero-order valence-electron chi connectivity index (χ0n) is 15.2. The normalized spacial score (nSPS) is 15.5. The molecule has 2 heterocycles. The van der Waals surface area contributed by atoms with Crippen molar-refractivity contribution in [3.63, 3.8) is 0 Å². The molecule has 9 heteroatoms. The number of benzene rings is 1. The van der Waals surface area contributed by atoms with Gasteiger partial charge in [0, 0.05) is 24.6 Å². The third kappa shape index (κ3) is 5.46. The smallest absolute Gasteiger partial charge is 0.303 e. The van der Waals surface area contributed by atoms with E-state index in [0.29, 0.717) is 52.1 Å². The number of thiocarbonyl (C=S) groups is 1. The molecule has 0 aliphatic carbocycles. The lowest BCUT2D eigenvalue weighted by molar-refractivity contribution is -0.137. The van der Waals surface area contributed by atoms with E-state index in [0.717, 1.165) is 0 Å². The van der Waals surface area contributed by atoms with Gasteiger partial charge in [0.25, 0.3) is 5.91 Å². The fourth-order valence-electron chi connectivity index (χ4n) is 2.78.